The van der Waals surface area contributed by atoms with Crippen LogP contribution in [0, 0.1) is 19.7 Å². The SMILES string of the molecule is Cc1noc(C)c1C1(CN(C)C)C(CO)c2cc(F)ccc2N1C. The van der Waals surface area contributed by atoms with Gasteiger partial charge < -0.3 is 19.4 Å². The number of hydrogen-bond acceptors (Lipinski definition) is 5. The lowest BCUT2D eigenvalue weighted by atomic mass is 9.76. The monoisotopic (exact) mass is 333 g/mol. The number of aliphatic hydroxyl groups is 1. The molecule has 2 atom stereocenters. The van der Waals surface area contributed by atoms with Gasteiger partial charge in [0, 0.05) is 30.8 Å². The number of fused-ring (bicyclic) bond motifs is 1. The number of benzene rings is 1. The van der Waals surface area contributed by atoms with E-state index in [9.17, 15) is 9.50 Å². The van der Waals surface area contributed by atoms with E-state index in [4.69, 9.17) is 4.52 Å². The minimum Gasteiger partial charge on any atom is -0.396 e. The Bertz CT molecular complexity index is 739. The molecule has 0 saturated carbocycles. The summed E-state index contributed by atoms with van der Waals surface area (Å²) in [7, 11) is 5.97. The van der Waals surface area contributed by atoms with Gasteiger partial charge in [-0.3, -0.25) is 0 Å². The summed E-state index contributed by atoms with van der Waals surface area (Å²) in [6.45, 7) is 4.36. The van der Waals surface area contributed by atoms with Crippen molar-refractivity contribution in [3.63, 3.8) is 0 Å². The van der Waals surface area contributed by atoms with E-state index in [1.807, 2.05) is 35.0 Å². The number of likely N-dealkylation sites (N-methyl/N-ethyl adjacent to an activating group) is 2. The fourth-order valence-electron chi connectivity index (χ4n) is 4.29. The fraction of sp³-hybridized carbons (Fsp3) is 0.500. The fourth-order valence-corrected chi connectivity index (χ4v) is 4.29. The molecule has 0 radical (unpaired) electrons. The molecule has 0 aliphatic carbocycles. The van der Waals surface area contributed by atoms with Gasteiger partial charge in [0.2, 0.25) is 0 Å². The van der Waals surface area contributed by atoms with Crippen molar-refractivity contribution in [3.8, 4) is 0 Å². The zero-order valence-corrected chi connectivity index (χ0v) is 14.8. The highest BCUT2D eigenvalue weighted by Gasteiger charge is 2.53. The molecule has 1 aromatic carbocycles. The van der Waals surface area contributed by atoms with Crippen molar-refractivity contribution in [1.82, 2.24) is 10.1 Å². The van der Waals surface area contributed by atoms with E-state index < -0.39 is 5.54 Å². The molecular weight excluding hydrogens is 309 g/mol. The second-order valence-corrected chi connectivity index (χ2v) is 6.86. The normalized spacial score (nSPS) is 23.2. The third-order valence-corrected chi connectivity index (χ3v) is 5.11. The molecule has 2 aromatic rings. The highest BCUT2D eigenvalue weighted by Crippen LogP contribution is 2.54. The van der Waals surface area contributed by atoms with Gasteiger partial charge in [-0.1, -0.05) is 5.16 Å². The third kappa shape index (κ3) is 2.24. The molecule has 1 N–H and O–H groups in total. The van der Waals surface area contributed by atoms with Gasteiger partial charge in [0.15, 0.2) is 0 Å². The molecule has 0 bridgehead atoms. The van der Waals surface area contributed by atoms with Gasteiger partial charge in [0.25, 0.3) is 0 Å². The van der Waals surface area contributed by atoms with E-state index in [1.54, 1.807) is 6.07 Å². The van der Waals surface area contributed by atoms with Crippen LogP contribution < -0.4 is 4.90 Å². The minimum atomic E-state index is -0.567. The van der Waals surface area contributed by atoms with Crippen LogP contribution >= 0.6 is 0 Å². The standard InChI is InChI=1S/C18H24FN3O2/c1-11-17(12(2)24-20-11)18(10-21(3)4)15(9-23)14-8-13(19)6-7-16(14)22(18)5/h6-8,15,23H,9-10H2,1-5H3. The zero-order valence-electron chi connectivity index (χ0n) is 14.8. The van der Waals surface area contributed by atoms with Crippen LogP contribution in [0.5, 0.6) is 0 Å². The lowest BCUT2D eigenvalue weighted by Gasteiger charge is -2.43. The third-order valence-electron chi connectivity index (χ3n) is 5.11. The Kier molecular flexibility index (Phi) is 4.13. The first-order valence-corrected chi connectivity index (χ1v) is 8.05. The van der Waals surface area contributed by atoms with E-state index in [0.717, 1.165) is 28.3 Å². The van der Waals surface area contributed by atoms with Crippen molar-refractivity contribution in [3.05, 3.63) is 46.6 Å². The van der Waals surface area contributed by atoms with Crippen LogP contribution in [0.2, 0.25) is 0 Å². The number of aromatic nitrogens is 1. The van der Waals surface area contributed by atoms with Crippen LogP contribution in [-0.2, 0) is 5.54 Å². The van der Waals surface area contributed by atoms with Crippen molar-refractivity contribution < 1.29 is 14.0 Å². The van der Waals surface area contributed by atoms with E-state index in [2.05, 4.69) is 15.0 Å². The van der Waals surface area contributed by atoms with Gasteiger partial charge in [-0.05, 0) is 51.7 Å². The molecule has 2 unspecified atom stereocenters. The van der Waals surface area contributed by atoms with Crippen molar-refractivity contribution in [2.75, 3.05) is 39.2 Å². The molecule has 3 rings (SSSR count). The second kappa shape index (κ2) is 5.86. The molecule has 1 aliphatic heterocycles. The summed E-state index contributed by atoms with van der Waals surface area (Å²) >= 11 is 0. The highest BCUT2D eigenvalue weighted by atomic mass is 19.1. The average Bonchev–Trinajstić information content (AvgIpc) is 2.95. The molecule has 2 heterocycles. The second-order valence-electron chi connectivity index (χ2n) is 6.86. The summed E-state index contributed by atoms with van der Waals surface area (Å²) in [4.78, 5) is 4.21. The van der Waals surface area contributed by atoms with Gasteiger partial charge in [0.1, 0.15) is 11.6 Å². The lowest BCUT2D eigenvalue weighted by Crippen LogP contribution is -2.52. The Hall–Kier alpha value is -1.92. The number of aliphatic hydroxyl groups excluding tert-OH is 1. The van der Waals surface area contributed by atoms with E-state index in [1.165, 1.54) is 12.1 Å². The predicted octanol–water partition coefficient (Wildman–Crippen LogP) is 2.41. The molecular formula is C18H24FN3O2. The molecule has 0 saturated heterocycles. The van der Waals surface area contributed by atoms with Crippen LogP contribution in [0.4, 0.5) is 10.1 Å². The van der Waals surface area contributed by atoms with Crippen molar-refractivity contribution in [2.24, 2.45) is 0 Å². The maximum Gasteiger partial charge on any atom is 0.139 e. The Morgan fingerprint density at radius 2 is 2.08 bits per heavy atom. The topological polar surface area (TPSA) is 52.7 Å². The van der Waals surface area contributed by atoms with Gasteiger partial charge in [0.05, 0.1) is 17.8 Å². The first kappa shape index (κ1) is 16.9. The lowest BCUT2D eigenvalue weighted by molar-refractivity contribution is 0.177. The number of hydrogen-bond donors (Lipinski definition) is 1. The Morgan fingerprint density at radius 1 is 1.38 bits per heavy atom. The molecule has 0 fully saturated rings. The number of rotatable bonds is 4. The molecule has 1 aliphatic rings. The molecule has 1 aromatic heterocycles. The Morgan fingerprint density at radius 3 is 2.62 bits per heavy atom. The van der Waals surface area contributed by atoms with E-state index >= 15 is 0 Å². The summed E-state index contributed by atoms with van der Waals surface area (Å²) < 4.78 is 19.3. The summed E-state index contributed by atoms with van der Waals surface area (Å²) in [6.07, 6.45) is 0. The van der Waals surface area contributed by atoms with Crippen LogP contribution in [0.15, 0.2) is 22.7 Å². The van der Waals surface area contributed by atoms with Gasteiger partial charge in [-0.25, -0.2) is 4.39 Å². The van der Waals surface area contributed by atoms with E-state index in [0.29, 0.717) is 6.54 Å². The maximum atomic E-state index is 13.9. The van der Waals surface area contributed by atoms with Crippen molar-refractivity contribution in [1.29, 1.82) is 0 Å². The molecule has 24 heavy (non-hydrogen) atoms. The van der Waals surface area contributed by atoms with Crippen LogP contribution in [0.25, 0.3) is 0 Å². The predicted molar refractivity (Wildman–Crippen MR) is 90.8 cm³/mol. The summed E-state index contributed by atoms with van der Waals surface area (Å²) in [5.74, 6) is 0.167. The molecule has 130 valence electrons. The number of halogens is 1. The smallest absolute Gasteiger partial charge is 0.139 e. The highest BCUT2D eigenvalue weighted by molar-refractivity contribution is 5.66. The van der Waals surface area contributed by atoms with Gasteiger partial charge in [-0.2, -0.15) is 0 Å². The van der Waals surface area contributed by atoms with Crippen molar-refractivity contribution in [2.45, 2.75) is 25.3 Å². The minimum absolute atomic E-state index is 0.0846. The number of nitrogens with zero attached hydrogens (tertiary/aromatic N) is 3. The van der Waals surface area contributed by atoms with Crippen LogP contribution in [0.1, 0.15) is 28.5 Å². The van der Waals surface area contributed by atoms with E-state index in [-0.39, 0.29) is 18.3 Å². The van der Waals surface area contributed by atoms with Crippen LogP contribution in [0.3, 0.4) is 0 Å². The number of anilines is 1. The Balaban J connectivity index is 2.30. The first-order valence-electron chi connectivity index (χ1n) is 8.05. The largest absolute Gasteiger partial charge is 0.396 e. The van der Waals surface area contributed by atoms with Crippen molar-refractivity contribution >= 4 is 5.69 Å². The van der Waals surface area contributed by atoms with Gasteiger partial charge >= 0.3 is 0 Å². The summed E-state index contributed by atoms with van der Waals surface area (Å²) in [5.41, 5.74) is 2.95. The first-order chi connectivity index (χ1) is 11.3. The molecule has 5 nitrogen and oxygen atoms in total. The Labute approximate surface area is 141 Å². The quantitative estimate of drug-likeness (QED) is 0.931. The summed E-state index contributed by atoms with van der Waals surface area (Å²) in [5, 5.41) is 14.4. The van der Waals surface area contributed by atoms with Crippen LogP contribution in [-0.4, -0.2) is 49.5 Å². The van der Waals surface area contributed by atoms with Gasteiger partial charge in [-0.15, -0.1) is 0 Å². The molecule has 0 amide bonds. The number of aryl methyl sites for hydroxylation is 2. The molecule has 6 heteroatoms. The zero-order chi connectivity index (χ0) is 17.6. The summed E-state index contributed by atoms with van der Waals surface area (Å²) in [6, 6.07) is 4.77. The molecule has 0 spiro atoms. The average molecular weight is 333 g/mol. The maximum absolute atomic E-state index is 13.9.